The lowest BCUT2D eigenvalue weighted by Gasteiger charge is -2.09. The second-order valence-corrected chi connectivity index (χ2v) is 5.65. The van der Waals surface area contributed by atoms with Crippen LogP contribution in [0.5, 0.6) is 5.88 Å². The van der Waals surface area contributed by atoms with Crippen LogP contribution in [-0.2, 0) is 17.5 Å². The number of nitrogen functional groups attached to an aromatic ring is 1. The van der Waals surface area contributed by atoms with E-state index in [4.69, 9.17) is 10.5 Å². The van der Waals surface area contributed by atoms with Gasteiger partial charge in [0, 0.05) is 18.2 Å². The molecule has 1 amide bonds. The first kappa shape index (κ1) is 20.2. The molecule has 0 radical (unpaired) electrons. The van der Waals surface area contributed by atoms with Crippen LogP contribution in [0.2, 0.25) is 0 Å². The number of hydrogen-bond acceptors (Lipinski definition) is 4. The average Bonchev–Trinajstić information content (AvgIpc) is 2.61. The molecule has 1 heterocycles. The number of rotatable bonds is 5. The summed E-state index contributed by atoms with van der Waals surface area (Å²) >= 11 is 0. The maximum atomic E-state index is 13.6. The molecule has 3 N–H and O–H groups in total. The normalized spacial score (nSPS) is 11.6. The van der Waals surface area contributed by atoms with Crippen molar-refractivity contribution in [3.63, 3.8) is 0 Å². The van der Waals surface area contributed by atoms with Crippen LogP contribution in [0.4, 0.5) is 23.2 Å². The Morgan fingerprint density at radius 3 is 2.63 bits per heavy atom. The number of nitrogens with zero attached hydrogens (tertiary/aromatic N) is 1. The molecule has 0 aliphatic rings. The summed E-state index contributed by atoms with van der Waals surface area (Å²) in [6, 6.07) is 4.80. The number of anilines is 1. The molecule has 0 fully saturated rings. The van der Waals surface area contributed by atoms with Gasteiger partial charge in [0.2, 0.25) is 11.8 Å². The first-order chi connectivity index (χ1) is 12.6. The summed E-state index contributed by atoms with van der Waals surface area (Å²) in [6.07, 6.45) is -2.21. The molecule has 2 aromatic rings. The van der Waals surface area contributed by atoms with Crippen molar-refractivity contribution in [3.8, 4) is 5.88 Å². The van der Waals surface area contributed by atoms with Gasteiger partial charge in [-0.25, -0.2) is 9.37 Å². The number of carbonyl (C=O) groups excluding carboxylic acids is 1. The number of aryl methyl sites for hydroxylation is 1. The number of nitrogens with two attached hydrogens (primary N) is 1. The van der Waals surface area contributed by atoms with E-state index in [1.165, 1.54) is 19.3 Å². The number of hydrogen-bond donors (Lipinski definition) is 2. The molecule has 0 aliphatic heterocycles. The predicted octanol–water partition coefficient (Wildman–Crippen LogP) is 3.47. The minimum Gasteiger partial charge on any atom is -0.481 e. The van der Waals surface area contributed by atoms with Crippen molar-refractivity contribution < 1.29 is 27.1 Å². The van der Waals surface area contributed by atoms with Gasteiger partial charge in [-0.05, 0) is 42.3 Å². The highest BCUT2D eigenvalue weighted by atomic mass is 19.4. The molecule has 1 aromatic heterocycles. The quantitative estimate of drug-likeness (QED) is 0.471. The fourth-order valence-electron chi connectivity index (χ4n) is 2.24. The first-order valence-electron chi connectivity index (χ1n) is 7.74. The minimum absolute atomic E-state index is 0.0480. The van der Waals surface area contributed by atoms with Gasteiger partial charge in [-0.3, -0.25) is 4.79 Å². The number of carbonyl (C=O) groups is 1. The van der Waals surface area contributed by atoms with Gasteiger partial charge in [-0.15, -0.1) is 0 Å². The molecule has 0 spiro atoms. The second kappa shape index (κ2) is 8.07. The monoisotopic (exact) mass is 383 g/mol. The number of methoxy groups -OCH3 is 1. The van der Waals surface area contributed by atoms with Gasteiger partial charge in [0.1, 0.15) is 11.5 Å². The van der Waals surface area contributed by atoms with Gasteiger partial charge < -0.3 is 15.8 Å². The number of halogens is 4. The van der Waals surface area contributed by atoms with Crippen LogP contribution in [0, 0.1) is 12.7 Å². The van der Waals surface area contributed by atoms with Crippen LogP contribution >= 0.6 is 0 Å². The Hall–Kier alpha value is -3.10. The molecular formula is C18H17F4N3O2. The maximum Gasteiger partial charge on any atom is 0.433 e. The van der Waals surface area contributed by atoms with Gasteiger partial charge in [0.05, 0.1) is 12.8 Å². The number of ether oxygens (including phenoxy) is 1. The van der Waals surface area contributed by atoms with Crippen molar-refractivity contribution in [1.29, 1.82) is 0 Å². The van der Waals surface area contributed by atoms with E-state index in [1.807, 2.05) is 0 Å². The molecule has 0 bridgehead atoms. The molecule has 27 heavy (non-hydrogen) atoms. The lowest BCUT2D eigenvalue weighted by Crippen LogP contribution is -2.20. The van der Waals surface area contributed by atoms with E-state index in [9.17, 15) is 22.4 Å². The van der Waals surface area contributed by atoms with Crippen LogP contribution in [0.25, 0.3) is 6.08 Å². The van der Waals surface area contributed by atoms with Crippen LogP contribution in [0.3, 0.4) is 0 Å². The highest BCUT2D eigenvalue weighted by molar-refractivity contribution is 5.92. The van der Waals surface area contributed by atoms with Crippen LogP contribution < -0.4 is 15.8 Å². The van der Waals surface area contributed by atoms with Gasteiger partial charge in [0.15, 0.2) is 0 Å². The van der Waals surface area contributed by atoms with Crippen molar-refractivity contribution in [2.24, 2.45) is 0 Å². The van der Waals surface area contributed by atoms with E-state index in [2.05, 4.69) is 10.3 Å². The number of benzene rings is 1. The van der Waals surface area contributed by atoms with E-state index in [0.717, 1.165) is 18.2 Å². The van der Waals surface area contributed by atoms with E-state index >= 15 is 0 Å². The smallest absolute Gasteiger partial charge is 0.433 e. The van der Waals surface area contributed by atoms with E-state index < -0.39 is 23.6 Å². The summed E-state index contributed by atoms with van der Waals surface area (Å²) in [5.74, 6) is -1.35. The second-order valence-electron chi connectivity index (χ2n) is 5.65. The van der Waals surface area contributed by atoms with E-state index in [1.54, 1.807) is 13.0 Å². The van der Waals surface area contributed by atoms with Gasteiger partial charge >= 0.3 is 6.18 Å². The van der Waals surface area contributed by atoms with E-state index in [0.29, 0.717) is 11.1 Å². The summed E-state index contributed by atoms with van der Waals surface area (Å²) < 4.78 is 56.4. The summed E-state index contributed by atoms with van der Waals surface area (Å²) in [4.78, 5) is 15.3. The Balaban J connectivity index is 2.06. The molecule has 5 nitrogen and oxygen atoms in total. The Bertz CT molecular complexity index is 856. The van der Waals surface area contributed by atoms with Gasteiger partial charge in [0.25, 0.3) is 0 Å². The zero-order valence-corrected chi connectivity index (χ0v) is 14.5. The summed E-state index contributed by atoms with van der Waals surface area (Å²) in [5, 5.41) is 2.54. The Kier molecular flexibility index (Phi) is 6.04. The van der Waals surface area contributed by atoms with Crippen molar-refractivity contribution in [3.05, 3.63) is 58.5 Å². The Morgan fingerprint density at radius 2 is 2.04 bits per heavy atom. The summed E-state index contributed by atoms with van der Waals surface area (Å²) in [7, 11) is 1.18. The summed E-state index contributed by atoms with van der Waals surface area (Å²) in [5.41, 5.74) is 5.75. The molecule has 0 saturated heterocycles. The third kappa shape index (κ3) is 5.19. The predicted molar refractivity (Wildman–Crippen MR) is 92.2 cm³/mol. The molecule has 1 aromatic carbocycles. The molecule has 0 atom stereocenters. The van der Waals surface area contributed by atoms with Crippen molar-refractivity contribution in [2.75, 3.05) is 12.8 Å². The third-order valence-electron chi connectivity index (χ3n) is 3.65. The standard InChI is InChI=1S/C18H17F4N3O2/c1-10-7-11(8-13(19)16(10)23)9-24-15(26)6-4-12-3-5-14(18(20,21)22)25-17(12)27-2/h3-8H,9,23H2,1-2H3,(H,24,26)/b6-4+. The molecule has 0 unspecified atom stereocenters. The fourth-order valence-corrected chi connectivity index (χ4v) is 2.24. The van der Waals surface area contributed by atoms with Crippen LogP contribution in [0.15, 0.2) is 30.3 Å². The highest BCUT2D eigenvalue weighted by Crippen LogP contribution is 2.30. The Labute approximate surface area is 152 Å². The number of alkyl halides is 3. The van der Waals surface area contributed by atoms with E-state index in [-0.39, 0.29) is 23.7 Å². The molecule has 0 saturated carbocycles. The number of aromatic nitrogens is 1. The largest absolute Gasteiger partial charge is 0.481 e. The molecular weight excluding hydrogens is 366 g/mol. The Morgan fingerprint density at radius 1 is 1.33 bits per heavy atom. The minimum atomic E-state index is -4.60. The zero-order chi connectivity index (χ0) is 20.2. The SMILES string of the molecule is COc1nc(C(F)(F)F)ccc1/C=C/C(=O)NCc1cc(C)c(N)c(F)c1. The van der Waals surface area contributed by atoms with Crippen LogP contribution in [0.1, 0.15) is 22.4 Å². The number of nitrogens with one attached hydrogen (secondary N) is 1. The lowest BCUT2D eigenvalue weighted by atomic mass is 10.1. The highest BCUT2D eigenvalue weighted by Gasteiger charge is 2.33. The lowest BCUT2D eigenvalue weighted by molar-refractivity contribution is -0.141. The molecule has 0 aliphatic carbocycles. The molecule has 9 heteroatoms. The molecule has 2 rings (SSSR count). The first-order valence-corrected chi connectivity index (χ1v) is 7.74. The number of amides is 1. The maximum absolute atomic E-state index is 13.6. The van der Waals surface area contributed by atoms with Crippen LogP contribution in [-0.4, -0.2) is 18.0 Å². The van der Waals surface area contributed by atoms with Gasteiger partial charge in [-0.2, -0.15) is 13.2 Å². The zero-order valence-electron chi connectivity index (χ0n) is 14.5. The third-order valence-corrected chi connectivity index (χ3v) is 3.65. The topological polar surface area (TPSA) is 77.2 Å². The van der Waals surface area contributed by atoms with Crippen molar-refractivity contribution in [1.82, 2.24) is 10.3 Å². The summed E-state index contributed by atoms with van der Waals surface area (Å²) in [6.45, 7) is 1.71. The van der Waals surface area contributed by atoms with Gasteiger partial charge in [-0.1, -0.05) is 6.07 Å². The fraction of sp³-hybridized carbons (Fsp3) is 0.222. The average molecular weight is 383 g/mol. The van der Waals surface area contributed by atoms with Crippen molar-refractivity contribution in [2.45, 2.75) is 19.6 Å². The van der Waals surface area contributed by atoms with Crippen molar-refractivity contribution >= 4 is 17.7 Å². The molecule has 144 valence electrons. The number of pyridine rings is 1.